The summed E-state index contributed by atoms with van der Waals surface area (Å²) in [6, 6.07) is -0.626. The summed E-state index contributed by atoms with van der Waals surface area (Å²) in [6.07, 6.45) is 1.43. The van der Waals surface area contributed by atoms with Crippen molar-refractivity contribution in [2.24, 2.45) is 17.2 Å². The van der Waals surface area contributed by atoms with Crippen LogP contribution in [0.4, 0.5) is 0 Å². The van der Waals surface area contributed by atoms with Crippen LogP contribution in [0.5, 0.6) is 0 Å². The minimum Gasteiger partial charge on any atom is -0.481 e. The molecular formula is C12H26N4O3. The third-order valence-electron chi connectivity index (χ3n) is 2.87. The van der Waals surface area contributed by atoms with Crippen molar-refractivity contribution < 1.29 is 14.7 Å². The molecule has 0 heterocycles. The molecule has 0 aromatic carbocycles. The molecule has 0 rings (SSSR count). The SMILES string of the molecule is NCCCN(CCCN)C(CC(=O)O)C(=O)CCN. The monoisotopic (exact) mass is 274 g/mol. The number of Topliss-reactive ketones (excluding diaryl/α,β-unsaturated/α-hetero) is 1. The molecule has 0 aromatic heterocycles. The molecule has 7 nitrogen and oxygen atoms in total. The van der Waals surface area contributed by atoms with Crippen LogP contribution in [0.25, 0.3) is 0 Å². The van der Waals surface area contributed by atoms with E-state index < -0.39 is 12.0 Å². The van der Waals surface area contributed by atoms with Gasteiger partial charge in [-0.25, -0.2) is 0 Å². The van der Waals surface area contributed by atoms with Gasteiger partial charge in [-0.2, -0.15) is 0 Å². The van der Waals surface area contributed by atoms with Gasteiger partial charge in [0, 0.05) is 19.5 Å². The first-order chi connectivity index (χ1) is 9.06. The van der Waals surface area contributed by atoms with Gasteiger partial charge in [0.05, 0.1) is 12.5 Å². The summed E-state index contributed by atoms with van der Waals surface area (Å²) in [7, 11) is 0. The van der Waals surface area contributed by atoms with E-state index in [1.165, 1.54) is 0 Å². The Morgan fingerprint density at radius 3 is 1.89 bits per heavy atom. The highest BCUT2D eigenvalue weighted by Gasteiger charge is 2.26. The van der Waals surface area contributed by atoms with E-state index in [2.05, 4.69) is 0 Å². The van der Waals surface area contributed by atoms with Crippen LogP contribution in [0.3, 0.4) is 0 Å². The molecule has 0 saturated heterocycles. The molecule has 0 aliphatic carbocycles. The summed E-state index contributed by atoms with van der Waals surface area (Å²) >= 11 is 0. The van der Waals surface area contributed by atoms with E-state index >= 15 is 0 Å². The van der Waals surface area contributed by atoms with Gasteiger partial charge >= 0.3 is 5.97 Å². The number of carbonyl (C=O) groups is 2. The Labute approximate surface area is 114 Å². The minimum absolute atomic E-state index is 0.126. The topological polar surface area (TPSA) is 136 Å². The lowest BCUT2D eigenvalue weighted by Gasteiger charge is -2.29. The zero-order chi connectivity index (χ0) is 14.7. The predicted molar refractivity (Wildman–Crippen MR) is 73.6 cm³/mol. The van der Waals surface area contributed by atoms with Crippen molar-refractivity contribution in [3.8, 4) is 0 Å². The van der Waals surface area contributed by atoms with E-state index in [-0.39, 0.29) is 25.2 Å². The molecule has 0 bridgehead atoms. The summed E-state index contributed by atoms with van der Waals surface area (Å²) in [5.41, 5.74) is 16.3. The molecule has 1 unspecified atom stereocenters. The van der Waals surface area contributed by atoms with Gasteiger partial charge in [-0.3, -0.25) is 14.5 Å². The molecule has 7 heteroatoms. The summed E-state index contributed by atoms with van der Waals surface area (Å²) in [5.74, 6) is -1.11. The average molecular weight is 274 g/mol. The Hall–Kier alpha value is -1.02. The number of ketones is 1. The fraction of sp³-hybridized carbons (Fsp3) is 0.833. The smallest absolute Gasteiger partial charge is 0.305 e. The van der Waals surface area contributed by atoms with Crippen LogP contribution in [0.2, 0.25) is 0 Å². The fourth-order valence-electron chi connectivity index (χ4n) is 1.93. The Balaban J connectivity index is 4.75. The first kappa shape index (κ1) is 18.0. The van der Waals surface area contributed by atoms with Gasteiger partial charge in [-0.05, 0) is 32.5 Å². The lowest BCUT2D eigenvalue weighted by molar-refractivity contribution is -0.141. The highest BCUT2D eigenvalue weighted by atomic mass is 16.4. The molecule has 0 fully saturated rings. The molecule has 112 valence electrons. The Kier molecular flexibility index (Phi) is 10.3. The molecule has 0 amide bonds. The lowest BCUT2D eigenvalue weighted by Crippen LogP contribution is -2.45. The van der Waals surface area contributed by atoms with E-state index in [1.807, 2.05) is 4.90 Å². The number of rotatable bonds is 12. The number of carboxylic acid groups (broad SMARTS) is 1. The van der Waals surface area contributed by atoms with Crippen LogP contribution in [0.15, 0.2) is 0 Å². The number of carboxylic acids is 1. The van der Waals surface area contributed by atoms with Crippen molar-refractivity contribution >= 4 is 11.8 Å². The number of nitrogens with two attached hydrogens (primary N) is 3. The molecule has 0 aromatic rings. The highest BCUT2D eigenvalue weighted by Crippen LogP contribution is 2.10. The van der Waals surface area contributed by atoms with Gasteiger partial charge in [-0.1, -0.05) is 0 Å². The largest absolute Gasteiger partial charge is 0.481 e. The predicted octanol–water partition coefficient (Wildman–Crippen LogP) is -1.25. The van der Waals surface area contributed by atoms with Crippen molar-refractivity contribution in [1.29, 1.82) is 0 Å². The lowest BCUT2D eigenvalue weighted by atomic mass is 10.0. The van der Waals surface area contributed by atoms with Gasteiger partial charge in [-0.15, -0.1) is 0 Å². The zero-order valence-electron chi connectivity index (χ0n) is 11.4. The second kappa shape index (κ2) is 10.9. The van der Waals surface area contributed by atoms with Gasteiger partial charge in [0.1, 0.15) is 0 Å². The fourth-order valence-corrected chi connectivity index (χ4v) is 1.93. The summed E-state index contributed by atoms with van der Waals surface area (Å²) in [4.78, 5) is 24.8. The van der Waals surface area contributed by atoms with Gasteiger partial charge in [0.2, 0.25) is 0 Å². The van der Waals surface area contributed by atoms with Crippen LogP contribution in [0.1, 0.15) is 25.7 Å². The van der Waals surface area contributed by atoms with Crippen LogP contribution in [-0.4, -0.2) is 60.5 Å². The summed E-state index contributed by atoms with van der Waals surface area (Å²) < 4.78 is 0. The minimum atomic E-state index is -0.985. The Bertz CT molecular complexity index is 266. The average Bonchev–Trinajstić information content (AvgIpc) is 2.37. The molecule has 0 aliphatic rings. The molecule has 1 atom stereocenters. The molecule has 7 N–H and O–H groups in total. The normalized spacial score (nSPS) is 12.6. The Morgan fingerprint density at radius 1 is 1.00 bits per heavy atom. The van der Waals surface area contributed by atoms with E-state index in [0.29, 0.717) is 26.2 Å². The van der Waals surface area contributed by atoms with E-state index in [9.17, 15) is 9.59 Å². The maximum atomic E-state index is 12.0. The zero-order valence-corrected chi connectivity index (χ0v) is 11.4. The highest BCUT2D eigenvalue weighted by molar-refractivity contribution is 5.88. The summed E-state index contributed by atoms with van der Waals surface area (Å²) in [5, 5.41) is 8.94. The van der Waals surface area contributed by atoms with Crippen LogP contribution in [-0.2, 0) is 9.59 Å². The van der Waals surface area contributed by atoms with Crippen molar-refractivity contribution in [3.05, 3.63) is 0 Å². The van der Waals surface area contributed by atoms with Gasteiger partial charge in [0.15, 0.2) is 5.78 Å². The third-order valence-corrected chi connectivity index (χ3v) is 2.87. The maximum Gasteiger partial charge on any atom is 0.305 e. The molecule has 0 spiro atoms. The molecule has 0 radical (unpaired) electrons. The van der Waals surface area contributed by atoms with Crippen molar-refractivity contribution in [3.63, 3.8) is 0 Å². The second-order valence-electron chi connectivity index (χ2n) is 4.44. The van der Waals surface area contributed by atoms with Crippen molar-refractivity contribution in [2.75, 3.05) is 32.7 Å². The van der Waals surface area contributed by atoms with Gasteiger partial charge < -0.3 is 22.3 Å². The molecule has 0 aliphatic heterocycles. The van der Waals surface area contributed by atoms with E-state index in [0.717, 1.165) is 12.8 Å². The molecular weight excluding hydrogens is 248 g/mol. The third kappa shape index (κ3) is 7.89. The number of nitrogens with zero attached hydrogens (tertiary/aromatic N) is 1. The first-order valence-corrected chi connectivity index (χ1v) is 6.65. The number of hydrogen-bond donors (Lipinski definition) is 4. The molecule has 19 heavy (non-hydrogen) atoms. The number of aliphatic carboxylic acids is 1. The quantitative estimate of drug-likeness (QED) is 0.349. The van der Waals surface area contributed by atoms with Crippen molar-refractivity contribution in [1.82, 2.24) is 4.90 Å². The van der Waals surface area contributed by atoms with Crippen molar-refractivity contribution in [2.45, 2.75) is 31.7 Å². The standard InChI is InChI=1S/C12H26N4O3/c13-4-1-7-16(8-2-5-14)10(9-12(18)19)11(17)3-6-15/h10H,1-9,13-15H2,(H,18,19). The number of hydrogen-bond acceptors (Lipinski definition) is 6. The molecule has 0 saturated carbocycles. The van der Waals surface area contributed by atoms with Crippen LogP contribution in [0, 0.1) is 0 Å². The summed E-state index contributed by atoms with van der Waals surface area (Å²) in [6.45, 7) is 2.44. The second-order valence-corrected chi connectivity index (χ2v) is 4.44. The number of carbonyl (C=O) groups excluding carboxylic acids is 1. The Morgan fingerprint density at radius 2 is 1.53 bits per heavy atom. The van der Waals surface area contributed by atoms with Gasteiger partial charge in [0.25, 0.3) is 0 Å². The van der Waals surface area contributed by atoms with E-state index in [1.54, 1.807) is 0 Å². The van der Waals surface area contributed by atoms with E-state index in [4.69, 9.17) is 22.3 Å². The maximum absolute atomic E-state index is 12.0. The first-order valence-electron chi connectivity index (χ1n) is 6.65. The van der Waals surface area contributed by atoms with Crippen LogP contribution < -0.4 is 17.2 Å². The van der Waals surface area contributed by atoms with Crippen LogP contribution >= 0.6 is 0 Å².